The highest BCUT2D eigenvalue weighted by atomic mass is 19.4. The lowest BCUT2D eigenvalue weighted by Crippen LogP contribution is -2.57. The predicted octanol–water partition coefficient (Wildman–Crippen LogP) is 4.77. The van der Waals surface area contributed by atoms with E-state index in [1.54, 1.807) is 6.07 Å². The minimum Gasteiger partial charge on any atom is -0.335 e. The van der Waals surface area contributed by atoms with Crippen LogP contribution in [-0.2, 0) is 17.5 Å². The molecule has 1 aromatic carbocycles. The maximum atomic E-state index is 13.5. The number of benzene rings is 1. The lowest BCUT2D eigenvalue weighted by Gasteiger charge is -2.34. The van der Waals surface area contributed by atoms with E-state index in [1.165, 1.54) is 17.0 Å². The van der Waals surface area contributed by atoms with Gasteiger partial charge in [-0.25, -0.2) is 4.79 Å². The van der Waals surface area contributed by atoms with Gasteiger partial charge < -0.3 is 11.1 Å². The van der Waals surface area contributed by atoms with E-state index in [9.17, 15) is 22.8 Å². The Labute approximate surface area is 211 Å². The number of carbonyl (C=O) groups excluding carboxylic acids is 2. The van der Waals surface area contributed by atoms with E-state index in [0.717, 1.165) is 51.1 Å². The van der Waals surface area contributed by atoms with E-state index in [0.29, 0.717) is 31.0 Å². The Morgan fingerprint density at radius 2 is 1.86 bits per heavy atom. The topological polar surface area (TPSA) is 78.7 Å². The fourth-order valence-electron chi connectivity index (χ4n) is 6.40. The Kier molecular flexibility index (Phi) is 8.29. The molecule has 3 aliphatic rings. The molecule has 9 heteroatoms. The van der Waals surface area contributed by atoms with E-state index in [2.05, 4.69) is 10.2 Å². The third-order valence-electron chi connectivity index (χ3n) is 8.07. The average molecular weight is 509 g/mol. The molecule has 0 spiro atoms. The van der Waals surface area contributed by atoms with Gasteiger partial charge in [0.25, 0.3) is 0 Å². The fraction of sp³-hybridized carbons (Fsp3) is 0.704. The monoisotopic (exact) mass is 508 g/mol. The summed E-state index contributed by atoms with van der Waals surface area (Å²) < 4.78 is 39.5. The number of nitrogens with zero attached hydrogens (tertiary/aromatic N) is 2. The first-order valence-electron chi connectivity index (χ1n) is 13.3. The highest BCUT2D eigenvalue weighted by Gasteiger charge is 2.48. The second kappa shape index (κ2) is 11.1. The lowest BCUT2D eigenvalue weighted by atomic mass is 9.95. The van der Waals surface area contributed by atoms with Gasteiger partial charge in [-0.05, 0) is 61.5 Å². The number of likely N-dealkylation sites (tertiary alicyclic amines) is 1. The van der Waals surface area contributed by atoms with Crippen LogP contribution < -0.4 is 11.1 Å². The molecule has 4 atom stereocenters. The first-order valence-corrected chi connectivity index (χ1v) is 13.3. The Bertz CT molecular complexity index is 932. The van der Waals surface area contributed by atoms with Crippen LogP contribution in [0.4, 0.5) is 18.0 Å². The molecule has 3 fully saturated rings. The van der Waals surface area contributed by atoms with Crippen molar-refractivity contribution in [2.24, 2.45) is 23.5 Å². The summed E-state index contributed by atoms with van der Waals surface area (Å²) in [7, 11) is 0. The number of carbonyl (C=O) groups is 2. The Hall–Kier alpha value is -2.13. The molecule has 0 bridgehead atoms. The zero-order valence-electron chi connectivity index (χ0n) is 21.3. The first kappa shape index (κ1) is 26.9. The number of amides is 3. The standard InChI is InChI=1S/C27H39F3N4O2/c1-17(2)12-23(31)25(35)34(26(36)32-21-8-3-4-9-21)24-11-10-19-15-33(16-22(19)24)14-18-6-5-7-20(13-18)27(28,29)30/h5-7,13,17,19,21-24H,3-4,8-12,14-16,31H2,1-2H3,(H,32,36)/t19-,22?,23-,24?/m0/s1. The van der Waals surface area contributed by atoms with Gasteiger partial charge >= 0.3 is 12.2 Å². The van der Waals surface area contributed by atoms with Gasteiger partial charge in [0.05, 0.1) is 11.6 Å². The van der Waals surface area contributed by atoms with Crippen LogP contribution in [0.2, 0.25) is 0 Å². The van der Waals surface area contributed by atoms with Crippen LogP contribution in [0.3, 0.4) is 0 Å². The number of imide groups is 1. The highest BCUT2D eigenvalue weighted by molar-refractivity contribution is 5.97. The molecular weight excluding hydrogens is 469 g/mol. The van der Waals surface area contributed by atoms with Crippen molar-refractivity contribution in [3.05, 3.63) is 35.4 Å². The van der Waals surface area contributed by atoms with Gasteiger partial charge in [-0.1, -0.05) is 44.9 Å². The van der Waals surface area contributed by atoms with Crippen molar-refractivity contribution in [1.29, 1.82) is 0 Å². The summed E-state index contributed by atoms with van der Waals surface area (Å²) in [6.45, 7) is 5.82. The molecule has 3 N–H and O–H groups in total. The fourth-order valence-corrected chi connectivity index (χ4v) is 6.40. The van der Waals surface area contributed by atoms with Gasteiger partial charge in [0.2, 0.25) is 5.91 Å². The van der Waals surface area contributed by atoms with Crippen molar-refractivity contribution < 1.29 is 22.8 Å². The molecule has 0 radical (unpaired) electrons. The van der Waals surface area contributed by atoms with Crippen LogP contribution >= 0.6 is 0 Å². The molecule has 1 aromatic rings. The molecule has 36 heavy (non-hydrogen) atoms. The SMILES string of the molecule is CC(C)C[C@H](N)C(=O)N(C(=O)NC1CCCC1)C1CC[C@H]2CN(Cc3cccc(C(F)(F)F)c3)CC12. The molecule has 200 valence electrons. The van der Waals surface area contributed by atoms with Crippen LogP contribution in [0.5, 0.6) is 0 Å². The predicted molar refractivity (Wildman–Crippen MR) is 132 cm³/mol. The van der Waals surface area contributed by atoms with Crippen LogP contribution in [-0.4, -0.2) is 53.0 Å². The van der Waals surface area contributed by atoms with Gasteiger partial charge in [-0.2, -0.15) is 13.2 Å². The molecule has 1 aliphatic heterocycles. The number of nitrogens with one attached hydrogen (secondary N) is 1. The van der Waals surface area contributed by atoms with E-state index in [-0.39, 0.29) is 35.9 Å². The van der Waals surface area contributed by atoms with Crippen LogP contribution in [0, 0.1) is 17.8 Å². The van der Waals surface area contributed by atoms with E-state index in [1.807, 2.05) is 13.8 Å². The molecule has 1 heterocycles. The van der Waals surface area contributed by atoms with Crippen molar-refractivity contribution in [3.63, 3.8) is 0 Å². The van der Waals surface area contributed by atoms with E-state index < -0.39 is 17.8 Å². The van der Waals surface area contributed by atoms with Crippen molar-refractivity contribution in [2.75, 3.05) is 13.1 Å². The molecule has 1 saturated heterocycles. The Morgan fingerprint density at radius 3 is 2.53 bits per heavy atom. The van der Waals surface area contributed by atoms with Gasteiger partial charge in [0.15, 0.2) is 0 Å². The maximum absolute atomic E-state index is 13.5. The second-order valence-electron chi connectivity index (χ2n) is 11.3. The minimum atomic E-state index is -4.37. The summed E-state index contributed by atoms with van der Waals surface area (Å²) in [5.74, 6) is 0.313. The maximum Gasteiger partial charge on any atom is 0.416 e. The molecule has 0 aromatic heterocycles. The van der Waals surface area contributed by atoms with Gasteiger partial charge in [-0.3, -0.25) is 14.6 Å². The summed E-state index contributed by atoms with van der Waals surface area (Å²) in [6, 6.07) is 4.24. The molecular formula is C27H39F3N4O2. The third-order valence-corrected chi connectivity index (χ3v) is 8.07. The summed E-state index contributed by atoms with van der Waals surface area (Å²) in [5.41, 5.74) is 6.25. The lowest BCUT2D eigenvalue weighted by molar-refractivity contribution is -0.137. The zero-order valence-corrected chi connectivity index (χ0v) is 21.3. The number of rotatable bonds is 7. The van der Waals surface area contributed by atoms with Gasteiger partial charge in [0, 0.05) is 31.7 Å². The number of nitrogens with two attached hydrogens (primary N) is 1. The van der Waals surface area contributed by atoms with Crippen molar-refractivity contribution in [1.82, 2.24) is 15.1 Å². The van der Waals surface area contributed by atoms with Crippen molar-refractivity contribution >= 4 is 11.9 Å². The Balaban J connectivity index is 1.48. The summed E-state index contributed by atoms with van der Waals surface area (Å²) in [4.78, 5) is 30.5. The van der Waals surface area contributed by atoms with E-state index >= 15 is 0 Å². The summed E-state index contributed by atoms with van der Waals surface area (Å²) >= 11 is 0. The molecule has 6 nitrogen and oxygen atoms in total. The number of fused-ring (bicyclic) bond motifs is 1. The molecule has 3 amide bonds. The normalized spacial score (nSPS) is 25.8. The molecule has 4 rings (SSSR count). The minimum absolute atomic E-state index is 0.0901. The second-order valence-corrected chi connectivity index (χ2v) is 11.3. The number of halogens is 3. The number of alkyl halides is 3. The van der Waals surface area contributed by atoms with E-state index in [4.69, 9.17) is 5.73 Å². The molecule has 2 saturated carbocycles. The average Bonchev–Trinajstić information content (AvgIpc) is 3.52. The third kappa shape index (κ3) is 6.22. The number of urea groups is 1. The smallest absolute Gasteiger partial charge is 0.335 e. The largest absolute Gasteiger partial charge is 0.416 e. The van der Waals surface area contributed by atoms with Crippen molar-refractivity contribution in [3.8, 4) is 0 Å². The summed E-state index contributed by atoms with van der Waals surface area (Å²) in [5, 5.41) is 3.09. The number of hydrogen-bond acceptors (Lipinski definition) is 4. The number of hydrogen-bond donors (Lipinski definition) is 2. The Morgan fingerprint density at radius 1 is 1.14 bits per heavy atom. The molecule has 2 aliphatic carbocycles. The summed E-state index contributed by atoms with van der Waals surface area (Å²) in [6.07, 6.45) is 1.76. The highest BCUT2D eigenvalue weighted by Crippen LogP contribution is 2.42. The quantitative estimate of drug-likeness (QED) is 0.556. The van der Waals surface area contributed by atoms with Crippen LogP contribution in [0.1, 0.15) is 69.9 Å². The van der Waals surface area contributed by atoms with Crippen molar-refractivity contribution in [2.45, 2.75) is 89.6 Å². The first-order chi connectivity index (χ1) is 17.0. The zero-order chi connectivity index (χ0) is 26.0. The van der Waals surface area contributed by atoms with Gasteiger partial charge in [0.1, 0.15) is 0 Å². The van der Waals surface area contributed by atoms with Gasteiger partial charge in [-0.15, -0.1) is 0 Å². The van der Waals surface area contributed by atoms with Crippen LogP contribution in [0.15, 0.2) is 24.3 Å². The molecule has 2 unspecified atom stereocenters. The van der Waals surface area contributed by atoms with Crippen LogP contribution in [0.25, 0.3) is 0 Å².